The van der Waals surface area contributed by atoms with Crippen LogP contribution in [0.15, 0.2) is 18.2 Å². The molecule has 5 nitrogen and oxygen atoms in total. The molecule has 122 valence electrons. The van der Waals surface area contributed by atoms with Crippen LogP contribution in [0.1, 0.15) is 19.8 Å². The molecule has 1 aromatic rings. The zero-order chi connectivity index (χ0) is 16.3. The summed E-state index contributed by atoms with van der Waals surface area (Å²) in [6.07, 6.45) is 1.35. The SMILES string of the molecule is CCS(=O)(=O)N1CCC[C@@H](C(=O)Nc2ccc(Cl)c(Cl)c2)C1. The van der Waals surface area contributed by atoms with Gasteiger partial charge >= 0.3 is 0 Å². The van der Waals surface area contributed by atoms with E-state index < -0.39 is 10.0 Å². The number of anilines is 1. The summed E-state index contributed by atoms with van der Waals surface area (Å²) in [6, 6.07) is 4.84. The molecule has 2 rings (SSSR count). The third-order valence-electron chi connectivity index (χ3n) is 3.70. The number of piperidine rings is 1. The van der Waals surface area contributed by atoms with Crippen molar-refractivity contribution < 1.29 is 13.2 Å². The van der Waals surface area contributed by atoms with Gasteiger partial charge in [-0.05, 0) is 38.0 Å². The Morgan fingerprint density at radius 3 is 2.73 bits per heavy atom. The number of sulfonamides is 1. The van der Waals surface area contributed by atoms with Crippen molar-refractivity contribution in [1.29, 1.82) is 0 Å². The normalized spacial score (nSPS) is 19.9. The van der Waals surface area contributed by atoms with Gasteiger partial charge in [0.15, 0.2) is 0 Å². The van der Waals surface area contributed by atoms with Crippen LogP contribution in [0.2, 0.25) is 10.0 Å². The monoisotopic (exact) mass is 364 g/mol. The number of carbonyl (C=O) groups is 1. The highest BCUT2D eigenvalue weighted by Crippen LogP contribution is 2.26. The van der Waals surface area contributed by atoms with Crippen molar-refractivity contribution >= 4 is 44.8 Å². The zero-order valence-electron chi connectivity index (χ0n) is 12.2. The van der Waals surface area contributed by atoms with Crippen molar-refractivity contribution in [3.05, 3.63) is 28.2 Å². The van der Waals surface area contributed by atoms with Crippen molar-refractivity contribution in [3.63, 3.8) is 0 Å². The van der Waals surface area contributed by atoms with Crippen LogP contribution in [0.4, 0.5) is 5.69 Å². The number of hydrogen-bond acceptors (Lipinski definition) is 3. The Balaban J connectivity index is 2.04. The molecule has 8 heteroatoms. The predicted octanol–water partition coefficient (Wildman–Crippen LogP) is 2.99. The Kier molecular flexibility index (Phi) is 5.71. The fourth-order valence-corrected chi connectivity index (χ4v) is 3.89. The minimum absolute atomic E-state index is 0.0497. The van der Waals surface area contributed by atoms with Gasteiger partial charge in [-0.1, -0.05) is 23.2 Å². The van der Waals surface area contributed by atoms with E-state index in [9.17, 15) is 13.2 Å². The Bertz CT molecular complexity index is 664. The fraction of sp³-hybridized carbons (Fsp3) is 0.500. The van der Waals surface area contributed by atoms with Crippen LogP contribution in [0, 0.1) is 5.92 Å². The van der Waals surface area contributed by atoms with E-state index in [1.165, 1.54) is 4.31 Å². The number of benzene rings is 1. The van der Waals surface area contributed by atoms with Crippen LogP contribution in [0.5, 0.6) is 0 Å². The first kappa shape index (κ1) is 17.5. The van der Waals surface area contributed by atoms with E-state index in [4.69, 9.17) is 23.2 Å². The molecule has 0 unspecified atom stereocenters. The lowest BCUT2D eigenvalue weighted by molar-refractivity contribution is -0.120. The van der Waals surface area contributed by atoms with Crippen LogP contribution >= 0.6 is 23.2 Å². The molecule has 1 aliphatic heterocycles. The number of nitrogens with zero attached hydrogens (tertiary/aromatic N) is 1. The largest absolute Gasteiger partial charge is 0.326 e. The number of carbonyl (C=O) groups excluding carboxylic acids is 1. The van der Waals surface area contributed by atoms with Crippen LogP contribution < -0.4 is 5.32 Å². The van der Waals surface area contributed by atoms with E-state index in [-0.39, 0.29) is 24.1 Å². The first-order chi connectivity index (χ1) is 10.3. The predicted molar refractivity (Wildman–Crippen MR) is 88.8 cm³/mol. The lowest BCUT2D eigenvalue weighted by Crippen LogP contribution is -2.44. The summed E-state index contributed by atoms with van der Waals surface area (Å²) in [5.74, 6) is -0.507. The maximum atomic E-state index is 12.3. The van der Waals surface area contributed by atoms with Gasteiger partial charge in [0.25, 0.3) is 0 Å². The quantitative estimate of drug-likeness (QED) is 0.892. The van der Waals surface area contributed by atoms with E-state index in [1.807, 2.05) is 0 Å². The van der Waals surface area contributed by atoms with Gasteiger partial charge < -0.3 is 5.32 Å². The third-order valence-corrected chi connectivity index (χ3v) is 6.29. The van der Waals surface area contributed by atoms with Gasteiger partial charge in [-0.2, -0.15) is 0 Å². The Labute approximate surface area is 140 Å². The summed E-state index contributed by atoms with van der Waals surface area (Å²) >= 11 is 11.7. The molecule has 22 heavy (non-hydrogen) atoms. The molecular formula is C14H18Cl2N2O3S. The molecule has 0 bridgehead atoms. The summed E-state index contributed by atoms with van der Waals surface area (Å²) in [6.45, 7) is 2.31. The number of amides is 1. The number of nitrogens with one attached hydrogen (secondary N) is 1. The van der Waals surface area contributed by atoms with E-state index in [0.29, 0.717) is 35.1 Å². The zero-order valence-corrected chi connectivity index (χ0v) is 14.5. The summed E-state index contributed by atoms with van der Waals surface area (Å²) < 4.78 is 25.2. The maximum absolute atomic E-state index is 12.3. The minimum Gasteiger partial charge on any atom is -0.326 e. The molecule has 1 aliphatic rings. The molecule has 0 saturated carbocycles. The second-order valence-corrected chi connectivity index (χ2v) is 8.29. The van der Waals surface area contributed by atoms with Crippen molar-refractivity contribution in [3.8, 4) is 0 Å². The maximum Gasteiger partial charge on any atom is 0.228 e. The Morgan fingerprint density at radius 1 is 1.36 bits per heavy atom. The molecule has 1 N–H and O–H groups in total. The molecular weight excluding hydrogens is 347 g/mol. The number of halogens is 2. The van der Waals surface area contributed by atoms with Gasteiger partial charge in [-0.25, -0.2) is 12.7 Å². The molecule has 0 spiro atoms. The van der Waals surface area contributed by atoms with Gasteiger partial charge in [-0.15, -0.1) is 0 Å². The highest BCUT2D eigenvalue weighted by Gasteiger charge is 2.31. The summed E-state index contributed by atoms with van der Waals surface area (Å²) in [5, 5.41) is 3.54. The van der Waals surface area contributed by atoms with Crippen molar-refractivity contribution in [2.24, 2.45) is 5.92 Å². The van der Waals surface area contributed by atoms with Gasteiger partial charge in [0.05, 0.1) is 21.7 Å². The van der Waals surface area contributed by atoms with Crippen molar-refractivity contribution in [2.75, 3.05) is 24.2 Å². The number of hydrogen-bond donors (Lipinski definition) is 1. The standard InChI is InChI=1S/C14H18Cl2N2O3S/c1-2-22(20,21)18-7-3-4-10(9-18)14(19)17-11-5-6-12(15)13(16)8-11/h5-6,8,10H,2-4,7,9H2,1H3,(H,17,19)/t10-/m1/s1. The van der Waals surface area contributed by atoms with E-state index in [1.54, 1.807) is 25.1 Å². The van der Waals surface area contributed by atoms with E-state index in [0.717, 1.165) is 0 Å². The third kappa shape index (κ3) is 4.13. The summed E-state index contributed by atoms with van der Waals surface area (Å²) in [7, 11) is -3.26. The van der Waals surface area contributed by atoms with Gasteiger partial charge in [0.1, 0.15) is 0 Å². The Morgan fingerprint density at radius 2 is 2.09 bits per heavy atom. The molecule has 1 saturated heterocycles. The second kappa shape index (κ2) is 7.17. The highest BCUT2D eigenvalue weighted by molar-refractivity contribution is 7.89. The van der Waals surface area contributed by atoms with E-state index >= 15 is 0 Å². The van der Waals surface area contributed by atoms with Gasteiger partial charge in [0, 0.05) is 18.8 Å². The lowest BCUT2D eigenvalue weighted by atomic mass is 9.99. The molecule has 1 heterocycles. The second-order valence-electron chi connectivity index (χ2n) is 5.22. The van der Waals surface area contributed by atoms with Crippen LogP contribution in [-0.4, -0.2) is 37.5 Å². The minimum atomic E-state index is -3.26. The average molecular weight is 365 g/mol. The lowest BCUT2D eigenvalue weighted by Gasteiger charge is -2.30. The molecule has 0 aliphatic carbocycles. The van der Waals surface area contributed by atoms with Crippen LogP contribution in [0.25, 0.3) is 0 Å². The molecule has 0 radical (unpaired) electrons. The first-order valence-electron chi connectivity index (χ1n) is 7.07. The highest BCUT2D eigenvalue weighted by atomic mass is 35.5. The first-order valence-corrected chi connectivity index (χ1v) is 9.43. The van der Waals surface area contributed by atoms with Gasteiger partial charge in [-0.3, -0.25) is 4.79 Å². The van der Waals surface area contributed by atoms with E-state index in [2.05, 4.69) is 5.32 Å². The smallest absolute Gasteiger partial charge is 0.228 e. The molecule has 1 fully saturated rings. The average Bonchev–Trinajstić information content (AvgIpc) is 2.51. The van der Waals surface area contributed by atoms with Crippen molar-refractivity contribution in [1.82, 2.24) is 4.31 Å². The summed E-state index contributed by atoms with van der Waals surface area (Å²) in [4.78, 5) is 12.3. The number of rotatable bonds is 4. The molecule has 1 aromatic carbocycles. The van der Waals surface area contributed by atoms with Gasteiger partial charge in [0.2, 0.25) is 15.9 Å². The molecule has 1 amide bonds. The molecule has 1 atom stereocenters. The topological polar surface area (TPSA) is 66.5 Å². The fourth-order valence-electron chi connectivity index (χ4n) is 2.41. The van der Waals surface area contributed by atoms with Crippen LogP contribution in [-0.2, 0) is 14.8 Å². The van der Waals surface area contributed by atoms with Crippen LogP contribution in [0.3, 0.4) is 0 Å². The Hall–Kier alpha value is -0.820. The molecule has 0 aromatic heterocycles. The van der Waals surface area contributed by atoms with Crippen molar-refractivity contribution in [2.45, 2.75) is 19.8 Å². The summed E-state index contributed by atoms with van der Waals surface area (Å²) in [5.41, 5.74) is 0.551.